The van der Waals surface area contributed by atoms with E-state index in [1.165, 1.54) is 24.3 Å². The number of sulfonamides is 1. The summed E-state index contributed by atoms with van der Waals surface area (Å²) in [4.78, 5) is 12.5. The molecule has 1 N–H and O–H groups in total. The van der Waals surface area contributed by atoms with E-state index in [1.807, 2.05) is 12.1 Å². The molecule has 0 fully saturated rings. The van der Waals surface area contributed by atoms with E-state index < -0.39 is 39.2 Å². The summed E-state index contributed by atoms with van der Waals surface area (Å²) < 4.78 is 68.4. The number of rotatable bonds is 7. The van der Waals surface area contributed by atoms with E-state index in [-0.39, 0.29) is 10.6 Å². The van der Waals surface area contributed by atoms with Crippen molar-refractivity contribution < 1.29 is 26.4 Å². The minimum atomic E-state index is -4.83. The predicted molar refractivity (Wildman–Crippen MR) is 137 cm³/mol. The molecule has 0 aromatic heterocycles. The van der Waals surface area contributed by atoms with Crippen LogP contribution in [0.5, 0.6) is 0 Å². The Hall–Kier alpha value is -2.64. The van der Waals surface area contributed by atoms with Crippen LogP contribution >= 0.6 is 34.2 Å². The van der Waals surface area contributed by atoms with Gasteiger partial charge in [0.2, 0.25) is 0 Å². The number of halogens is 5. The highest BCUT2D eigenvalue weighted by atomic mass is 127. The molecule has 12 heteroatoms. The zero-order valence-electron chi connectivity index (χ0n) is 18.1. The van der Waals surface area contributed by atoms with Crippen molar-refractivity contribution in [1.82, 2.24) is 5.43 Å². The highest BCUT2D eigenvalue weighted by Gasteiger charge is 2.35. The molecule has 1 amide bonds. The largest absolute Gasteiger partial charge is 0.417 e. The highest BCUT2D eigenvalue weighted by Crippen LogP contribution is 2.38. The van der Waals surface area contributed by atoms with Gasteiger partial charge in [0.15, 0.2) is 0 Å². The Kier molecular flexibility index (Phi) is 8.44. The molecule has 0 saturated heterocycles. The quantitative estimate of drug-likeness (QED) is 0.206. The molecule has 0 radical (unpaired) electrons. The van der Waals surface area contributed by atoms with Gasteiger partial charge in [-0.2, -0.15) is 18.3 Å². The highest BCUT2D eigenvalue weighted by molar-refractivity contribution is 14.1. The number of amides is 1. The minimum absolute atomic E-state index is 0.199. The smallest absolute Gasteiger partial charge is 0.271 e. The summed E-state index contributed by atoms with van der Waals surface area (Å²) in [5.74, 6) is -0.849. The van der Waals surface area contributed by atoms with Gasteiger partial charge in [-0.3, -0.25) is 9.10 Å². The molecule has 3 rings (SSSR count). The molecule has 0 atom stereocenters. The fraction of sp³-hybridized carbons (Fsp3) is 0.130. The second-order valence-corrected chi connectivity index (χ2v) is 10.7. The van der Waals surface area contributed by atoms with Crippen LogP contribution in [0.3, 0.4) is 0 Å². The monoisotopic (exact) mass is 635 g/mol. The number of hydrogen-bond donors (Lipinski definition) is 1. The third-order valence-corrected chi connectivity index (χ3v) is 7.61. The van der Waals surface area contributed by atoms with Gasteiger partial charge in [-0.1, -0.05) is 41.9 Å². The molecule has 0 bridgehead atoms. The van der Waals surface area contributed by atoms with Crippen molar-refractivity contribution in [3.05, 3.63) is 92.5 Å². The van der Waals surface area contributed by atoms with Gasteiger partial charge >= 0.3 is 6.18 Å². The van der Waals surface area contributed by atoms with Crippen LogP contribution in [0.1, 0.15) is 18.1 Å². The molecule has 0 aliphatic carbocycles. The molecule has 3 aromatic carbocycles. The Bertz CT molecular complexity index is 1350. The number of hydrazone groups is 1. The van der Waals surface area contributed by atoms with Crippen molar-refractivity contribution in [2.24, 2.45) is 5.10 Å². The fourth-order valence-corrected chi connectivity index (χ4v) is 5.01. The molecule has 6 nitrogen and oxygen atoms in total. The van der Waals surface area contributed by atoms with Gasteiger partial charge in [-0.25, -0.2) is 13.8 Å². The van der Waals surface area contributed by atoms with E-state index in [1.54, 1.807) is 25.1 Å². The van der Waals surface area contributed by atoms with Crippen molar-refractivity contribution in [1.29, 1.82) is 0 Å². The lowest BCUT2D eigenvalue weighted by Gasteiger charge is -2.25. The van der Waals surface area contributed by atoms with Crippen LogP contribution in [0.2, 0.25) is 5.02 Å². The van der Waals surface area contributed by atoms with E-state index >= 15 is 0 Å². The summed E-state index contributed by atoms with van der Waals surface area (Å²) in [5, 5.41) is 3.39. The van der Waals surface area contributed by atoms with Gasteiger partial charge in [0.1, 0.15) is 6.54 Å². The summed E-state index contributed by atoms with van der Waals surface area (Å²) in [6.07, 6.45) is -4.83. The molecule has 3 aromatic rings. The van der Waals surface area contributed by atoms with Gasteiger partial charge < -0.3 is 0 Å². The molecule has 184 valence electrons. The van der Waals surface area contributed by atoms with Crippen LogP contribution in [0.4, 0.5) is 18.9 Å². The van der Waals surface area contributed by atoms with E-state index in [9.17, 15) is 26.4 Å². The molecular formula is C23H18ClF3IN3O3S. The Morgan fingerprint density at radius 1 is 1.06 bits per heavy atom. The molecule has 0 aliphatic heterocycles. The van der Waals surface area contributed by atoms with E-state index in [4.69, 9.17) is 11.6 Å². The number of nitrogens with one attached hydrogen (secondary N) is 1. The SMILES string of the molecule is C/C(=N/NC(=O)CN(c1ccc(Cl)c(C(F)(F)F)c1)S(=O)(=O)c1ccccc1)c1ccc(I)cc1. The number of carbonyl (C=O) groups excluding carboxylic acids is 1. The molecular weight excluding hydrogens is 618 g/mol. The third kappa shape index (κ3) is 6.73. The third-order valence-electron chi connectivity index (χ3n) is 4.77. The first kappa shape index (κ1) is 27.0. The number of benzene rings is 3. The number of hydrogen-bond acceptors (Lipinski definition) is 4. The van der Waals surface area contributed by atoms with Crippen molar-refractivity contribution in [3.8, 4) is 0 Å². The zero-order chi connectivity index (χ0) is 25.8. The average molecular weight is 636 g/mol. The van der Waals surface area contributed by atoms with Gasteiger partial charge in [-0.15, -0.1) is 0 Å². The Morgan fingerprint density at radius 3 is 2.29 bits per heavy atom. The molecule has 0 heterocycles. The first-order chi connectivity index (χ1) is 16.4. The average Bonchev–Trinajstić information content (AvgIpc) is 2.81. The summed E-state index contributed by atoms with van der Waals surface area (Å²) in [5.41, 5.74) is 1.85. The zero-order valence-corrected chi connectivity index (χ0v) is 21.8. The number of carbonyl (C=O) groups is 1. The van der Waals surface area contributed by atoms with Crippen LogP contribution in [-0.2, 0) is 21.0 Å². The van der Waals surface area contributed by atoms with Gasteiger partial charge in [-0.05, 0) is 77.5 Å². The lowest BCUT2D eigenvalue weighted by Crippen LogP contribution is -2.40. The second-order valence-electron chi connectivity index (χ2n) is 7.23. The normalized spacial score (nSPS) is 12.3. The fourth-order valence-electron chi connectivity index (χ4n) is 2.99. The van der Waals surface area contributed by atoms with Gasteiger partial charge in [0.05, 0.1) is 26.9 Å². The maximum Gasteiger partial charge on any atom is 0.417 e. The maximum absolute atomic E-state index is 13.4. The van der Waals surface area contributed by atoms with Crippen LogP contribution < -0.4 is 9.73 Å². The topological polar surface area (TPSA) is 78.8 Å². The molecule has 35 heavy (non-hydrogen) atoms. The number of anilines is 1. The summed E-state index contributed by atoms with van der Waals surface area (Å²) in [6, 6.07) is 17.0. The van der Waals surface area contributed by atoms with Crippen LogP contribution in [0, 0.1) is 3.57 Å². The molecule has 0 saturated carbocycles. The van der Waals surface area contributed by atoms with Crippen LogP contribution in [0.15, 0.2) is 82.8 Å². The maximum atomic E-state index is 13.4. The Labute approximate surface area is 219 Å². The first-order valence-electron chi connectivity index (χ1n) is 9.93. The molecule has 0 aliphatic rings. The number of nitrogens with zero attached hydrogens (tertiary/aromatic N) is 2. The van der Waals surface area contributed by atoms with Crippen molar-refractivity contribution >= 4 is 61.5 Å². The predicted octanol–water partition coefficient (Wildman–Crippen LogP) is 5.70. The molecule has 0 spiro atoms. The lowest BCUT2D eigenvalue weighted by atomic mass is 10.1. The standard InChI is InChI=1S/C23H18ClF3IN3O3S/c1-15(16-7-9-17(28)10-8-16)29-30-22(32)14-31(35(33,34)19-5-3-2-4-6-19)18-11-12-21(24)20(13-18)23(25,26)27/h2-13H,14H2,1H3,(H,30,32)/b29-15-. The van der Waals surface area contributed by atoms with E-state index in [0.717, 1.165) is 21.3 Å². The first-order valence-corrected chi connectivity index (χ1v) is 12.8. The summed E-state index contributed by atoms with van der Waals surface area (Å²) in [6.45, 7) is 0.829. The lowest BCUT2D eigenvalue weighted by molar-refractivity contribution is -0.137. The van der Waals surface area contributed by atoms with Crippen molar-refractivity contribution in [2.45, 2.75) is 18.0 Å². The van der Waals surface area contributed by atoms with Gasteiger partial charge in [0, 0.05) is 3.57 Å². The van der Waals surface area contributed by atoms with Crippen molar-refractivity contribution in [3.63, 3.8) is 0 Å². The molecule has 0 unspecified atom stereocenters. The van der Waals surface area contributed by atoms with Crippen LogP contribution in [0.25, 0.3) is 0 Å². The van der Waals surface area contributed by atoms with Crippen molar-refractivity contribution in [2.75, 3.05) is 10.8 Å². The van der Waals surface area contributed by atoms with E-state index in [0.29, 0.717) is 16.1 Å². The summed E-state index contributed by atoms with van der Waals surface area (Å²) in [7, 11) is -4.41. The Balaban J connectivity index is 1.96. The second kappa shape index (κ2) is 11.0. The minimum Gasteiger partial charge on any atom is -0.271 e. The summed E-state index contributed by atoms with van der Waals surface area (Å²) >= 11 is 7.83. The van der Waals surface area contributed by atoms with Crippen LogP contribution in [-0.4, -0.2) is 26.6 Å². The van der Waals surface area contributed by atoms with E-state index in [2.05, 4.69) is 33.1 Å². The Morgan fingerprint density at radius 2 is 1.69 bits per heavy atom. The van der Waals surface area contributed by atoms with Gasteiger partial charge in [0.25, 0.3) is 15.9 Å². The number of alkyl halides is 3.